The van der Waals surface area contributed by atoms with Crippen LogP contribution < -0.4 is 10.6 Å². The van der Waals surface area contributed by atoms with Crippen LogP contribution >= 0.6 is 23.2 Å². The predicted octanol–water partition coefficient (Wildman–Crippen LogP) is 4.28. The summed E-state index contributed by atoms with van der Waals surface area (Å²) in [5.41, 5.74) is 3.00. The minimum Gasteiger partial charge on any atom is -0.452 e. The maximum absolute atomic E-state index is 12.0. The molecule has 0 aliphatic heterocycles. The number of esters is 1. The highest BCUT2D eigenvalue weighted by molar-refractivity contribution is 6.35. The number of rotatable bonds is 9. The van der Waals surface area contributed by atoms with Crippen molar-refractivity contribution in [3.05, 3.63) is 56.8 Å². The van der Waals surface area contributed by atoms with Gasteiger partial charge in [-0.2, -0.15) is 5.10 Å². The normalized spacial score (nSPS) is 11.1. The Balaban J connectivity index is 1.91. The number of amides is 3. The van der Waals surface area contributed by atoms with Crippen LogP contribution in [0.1, 0.15) is 42.8 Å². The number of halogens is 2. The lowest BCUT2D eigenvalue weighted by Crippen LogP contribution is -2.41. The van der Waals surface area contributed by atoms with Gasteiger partial charge in [0.25, 0.3) is 5.91 Å². The molecule has 0 fully saturated rings. The maximum atomic E-state index is 12.0. The first kappa shape index (κ1) is 26.4. The number of carbonyl (C=O) groups is 3. The van der Waals surface area contributed by atoms with E-state index >= 15 is 0 Å². The third-order valence-corrected chi connectivity index (χ3v) is 5.51. The van der Waals surface area contributed by atoms with Crippen molar-refractivity contribution in [2.45, 2.75) is 40.7 Å². The van der Waals surface area contributed by atoms with Gasteiger partial charge in [-0.05, 0) is 44.4 Å². The van der Waals surface area contributed by atoms with E-state index in [2.05, 4.69) is 15.7 Å². The fourth-order valence-electron chi connectivity index (χ4n) is 2.96. The molecule has 10 heteroatoms. The Hall–Kier alpha value is -2.84. The second kappa shape index (κ2) is 12.4. The van der Waals surface area contributed by atoms with Gasteiger partial charge in [0.2, 0.25) is 0 Å². The maximum Gasteiger partial charge on any atom is 0.331 e. The van der Waals surface area contributed by atoms with Gasteiger partial charge in [-0.15, -0.1) is 0 Å². The number of nitrogens with one attached hydrogen (secondary N) is 2. The minimum absolute atomic E-state index is 0.378. The number of urea groups is 1. The van der Waals surface area contributed by atoms with Crippen LogP contribution in [0.4, 0.5) is 4.79 Å². The zero-order valence-electron chi connectivity index (χ0n) is 19.1. The topological polar surface area (TPSA) is 102 Å². The van der Waals surface area contributed by atoms with Gasteiger partial charge >= 0.3 is 12.0 Å². The van der Waals surface area contributed by atoms with Crippen LogP contribution in [0.25, 0.3) is 6.08 Å². The van der Waals surface area contributed by atoms with Gasteiger partial charge in [-0.3, -0.25) is 14.8 Å². The zero-order valence-corrected chi connectivity index (χ0v) is 20.6. The highest BCUT2D eigenvalue weighted by atomic mass is 35.5. The second-order valence-electron chi connectivity index (χ2n) is 7.87. The fraction of sp³-hybridized carbons (Fsp3) is 0.391. The molecule has 2 N–H and O–H groups in total. The van der Waals surface area contributed by atoms with Crippen molar-refractivity contribution in [3.8, 4) is 0 Å². The first-order valence-electron chi connectivity index (χ1n) is 10.5. The molecule has 0 radical (unpaired) electrons. The van der Waals surface area contributed by atoms with Crippen molar-refractivity contribution in [1.29, 1.82) is 0 Å². The molecule has 1 aromatic heterocycles. The summed E-state index contributed by atoms with van der Waals surface area (Å²) in [4.78, 5) is 35.4. The summed E-state index contributed by atoms with van der Waals surface area (Å²) in [7, 11) is 0. The van der Waals surface area contributed by atoms with Crippen molar-refractivity contribution in [2.75, 3.05) is 13.2 Å². The monoisotopic (exact) mass is 494 g/mol. The number of aryl methyl sites for hydroxylation is 1. The third kappa shape index (κ3) is 8.22. The van der Waals surface area contributed by atoms with Gasteiger partial charge in [0.15, 0.2) is 6.61 Å². The van der Waals surface area contributed by atoms with E-state index in [4.69, 9.17) is 27.9 Å². The van der Waals surface area contributed by atoms with Crippen LogP contribution in [-0.2, 0) is 20.9 Å². The number of hydrogen-bond acceptors (Lipinski definition) is 5. The summed E-state index contributed by atoms with van der Waals surface area (Å²) in [5.74, 6) is -0.997. The van der Waals surface area contributed by atoms with Crippen molar-refractivity contribution in [3.63, 3.8) is 0 Å². The SMILES string of the molecule is Cc1nn(Cc2c(Cl)cccc2Cl)c(C)c1/C=C/C(=O)OCC(=O)NC(=O)NCCC(C)C. The highest BCUT2D eigenvalue weighted by Crippen LogP contribution is 2.26. The quantitative estimate of drug-likeness (QED) is 0.399. The second-order valence-corrected chi connectivity index (χ2v) is 8.68. The van der Waals surface area contributed by atoms with E-state index in [0.29, 0.717) is 34.7 Å². The lowest BCUT2D eigenvalue weighted by atomic mass is 10.1. The van der Waals surface area contributed by atoms with Crippen molar-refractivity contribution in [1.82, 2.24) is 20.4 Å². The Bertz CT molecular complexity index is 1030. The molecule has 0 unspecified atom stereocenters. The molecule has 0 spiro atoms. The van der Waals surface area contributed by atoms with Gasteiger partial charge in [-0.1, -0.05) is 43.1 Å². The lowest BCUT2D eigenvalue weighted by molar-refractivity contribution is -0.143. The van der Waals surface area contributed by atoms with Crippen molar-refractivity contribution in [2.24, 2.45) is 5.92 Å². The average Bonchev–Trinajstić information content (AvgIpc) is 3.00. The number of nitrogens with zero attached hydrogens (tertiary/aromatic N) is 2. The smallest absolute Gasteiger partial charge is 0.331 e. The molecular weight excluding hydrogens is 467 g/mol. The standard InChI is InChI=1S/C23H28Cl2N4O4/c1-14(2)10-11-26-23(32)27-21(30)13-33-22(31)9-8-17-15(3)28-29(16(17)4)12-18-19(24)6-5-7-20(18)25/h5-9,14H,10-13H2,1-4H3,(H2,26,27,30,32)/b9-8+. The molecule has 0 aliphatic carbocycles. The predicted molar refractivity (Wildman–Crippen MR) is 128 cm³/mol. The van der Waals surface area contributed by atoms with Gasteiger partial charge in [0, 0.05) is 39.5 Å². The number of imide groups is 1. The Kier molecular flexibility index (Phi) is 9.94. The van der Waals surface area contributed by atoms with E-state index in [1.54, 1.807) is 29.0 Å². The molecule has 33 heavy (non-hydrogen) atoms. The molecule has 2 aromatic rings. The van der Waals surface area contributed by atoms with Crippen molar-refractivity contribution >= 4 is 47.2 Å². The van der Waals surface area contributed by atoms with Gasteiger partial charge in [-0.25, -0.2) is 9.59 Å². The van der Waals surface area contributed by atoms with Crippen LogP contribution in [-0.4, -0.2) is 40.8 Å². The van der Waals surface area contributed by atoms with Crippen LogP contribution in [0.3, 0.4) is 0 Å². The fourth-order valence-corrected chi connectivity index (χ4v) is 3.47. The molecule has 2 rings (SSSR count). The minimum atomic E-state index is -0.717. The zero-order chi connectivity index (χ0) is 24.5. The van der Waals surface area contributed by atoms with Crippen LogP contribution in [0.15, 0.2) is 24.3 Å². The van der Waals surface area contributed by atoms with E-state index in [-0.39, 0.29) is 0 Å². The number of hydrogen-bond donors (Lipinski definition) is 2. The molecule has 0 atom stereocenters. The molecule has 1 aromatic carbocycles. The van der Waals surface area contributed by atoms with E-state index < -0.39 is 24.5 Å². The number of aromatic nitrogens is 2. The number of benzene rings is 1. The van der Waals surface area contributed by atoms with Gasteiger partial charge in [0.1, 0.15) is 0 Å². The first-order chi connectivity index (χ1) is 15.6. The molecule has 3 amide bonds. The van der Waals surface area contributed by atoms with E-state index in [9.17, 15) is 14.4 Å². The molecule has 1 heterocycles. The molecule has 178 valence electrons. The number of ether oxygens (including phenoxy) is 1. The van der Waals surface area contributed by atoms with E-state index in [1.165, 1.54) is 6.08 Å². The lowest BCUT2D eigenvalue weighted by Gasteiger charge is -2.09. The number of carbonyl (C=O) groups excluding carboxylic acids is 3. The van der Waals surface area contributed by atoms with Crippen LogP contribution in [0.2, 0.25) is 10.0 Å². The van der Waals surface area contributed by atoms with Gasteiger partial charge in [0.05, 0.1) is 12.2 Å². The Labute approximate surface area is 203 Å². The van der Waals surface area contributed by atoms with Crippen molar-refractivity contribution < 1.29 is 19.1 Å². The molecule has 8 nitrogen and oxygen atoms in total. The Morgan fingerprint density at radius 3 is 2.48 bits per heavy atom. The summed E-state index contributed by atoms with van der Waals surface area (Å²) in [6.45, 7) is 8.00. The van der Waals surface area contributed by atoms with Crippen LogP contribution in [0.5, 0.6) is 0 Å². The Morgan fingerprint density at radius 1 is 1.18 bits per heavy atom. The molecule has 0 saturated carbocycles. The van der Waals surface area contributed by atoms with Crippen LogP contribution in [0, 0.1) is 19.8 Å². The first-order valence-corrected chi connectivity index (χ1v) is 11.2. The largest absolute Gasteiger partial charge is 0.452 e. The molecule has 0 bridgehead atoms. The molecular formula is C23H28Cl2N4O4. The van der Waals surface area contributed by atoms with Gasteiger partial charge < -0.3 is 10.1 Å². The average molecular weight is 495 g/mol. The summed E-state index contributed by atoms with van der Waals surface area (Å²) >= 11 is 12.5. The van der Waals surface area contributed by atoms with E-state index in [0.717, 1.165) is 23.2 Å². The summed E-state index contributed by atoms with van der Waals surface area (Å²) in [5, 5.41) is 10.3. The third-order valence-electron chi connectivity index (χ3n) is 4.80. The Morgan fingerprint density at radius 2 is 1.85 bits per heavy atom. The summed E-state index contributed by atoms with van der Waals surface area (Å²) in [6.07, 6.45) is 3.57. The van der Waals surface area contributed by atoms with E-state index in [1.807, 2.05) is 27.7 Å². The molecule has 0 aliphatic rings. The molecule has 0 saturated heterocycles. The summed E-state index contributed by atoms with van der Waals surface area (Å²) < 4.78 is 6.65. The highest BCUT2D eigenvalue weighted by Gasteiger charge is 2.14. The summed E-state index contributed by atoms with van der Waals surface area (Å²) in [6, 6.07) is 4.67.